The van der Waals surface area contributed by atoms with Gasteiger partial charge in [0.25, 0.3) is 0 Å². The van der Waals surface area contributed by atoms with E-state index in [1.165, 1.54) is 12.3 Å². The number of aryl methyl sites for hydroxylation is 1. The fraction of sp³-hybridized carbons (Fsp3) is 0.217. The van der Waals surface area contributed by atoms with Crippen LogP contribution in [0.1, 0.15) is 16.7 Å². The van der Waals surface area contributed by atoms with Gasteiger partial charge in [-0.25, -0.2) is 22.8 Å². The lowest BCUT2D eigenvalue weighted by Crippen LogP contribution is -2.09. The summed E-state index contributed by atoms with van der Waals surface area (Å²) in [4.78, 5) is 9.09. The van der Waals surface area contributed by atoms with Gasteiger partial charge in [-0.1, -0.05) is 12.1 Å². The highest BCUT2D eigenvalue weighted by Gasteiger charge is 2.20. The Kier molecular flexibility index (Phi) is 4.85. The summed E-state index contributed by atoms with van der Waals surface area (Å²) in [5.41, 5.74) is 4.58. The molecule has 0 bridgehead atoms. The number of nitrogens with zero attached hydrogens (tertiary/aromatic N) is 3. The summed E-state index contributed by atoms with van der Waals surface area (Å²) in [6.07, 6.45) is 6.95. The molecule has 0 amide bonds. The average molecular weight is 453 g/mol. The smallest absolute Gasteiger partial charge is 0.208 e. The van der Waals surface area contributed by atoms with Crippen LogP contribution in [0.2, 0.25) is 0 Å². The SMILES string of the molecule is Cc1cc(-c2cnc(NCc3c(F)ccc4c3CCO4)n3cncc23)ccc1S(C)(=O)=O. The molecule has 5 rings (SSSR count). The number of aromatic nitrogens is 3. The van der Waals surface area contributed by atoms with Crippen molar-refractivity contribution in [2.75, 3.05) is 18.2 Å². The Morgan fingerprint density at radius 3 is 2.84 bits per heavy atom. The van der Waals surface area contributed by atoms with Crippen molar-refractivity contribution in [3.05, 3.63) is 71.6 Å². The second kappa shape index (κ2) is 7.59. The molecule has 9 heteroatoms. The summed E-state index contributed by atoms with van der Waals surface area (Å²) in [6, 6.07) is 8.30. The van der Waals surface area contributed by atoms with Crippen molar-refractivity contribution >= 4 is 21.3 Å². The molecule has 164 valence electrons. The van der Waals surface area contributed by atoms with Crippen LogP contribution >= 0.6 is 0 Å². The van der Waals surface area contributed by atoms with E-state index in [9.17, 15) is 12.8 Å². The molecule has 32 heavy (non-hydrogen) atoms. The van der Waals surface area contributed by atoms with Gasteiger partial charge in [0.15, 0.2) is 9.84 Å². The van der Waals surface area contributed by atoms with Gasteiger partial charge >= 0.3 is 0 Å². The minimum atomic E-state index is -3.30. The van der Waals surface area contributed by atoms with Crippen molar-refractivity contribution in [3.8, 4) is 16.9 Å². The lowest BCUT2D eigenvalue weighted by molar-refractivity contribution is 0.356. The van der Waals surface area contributed by atoms with Crippen LogP contribution in [0, 0.1) is 12.7 Å². The van der Waals surface area contributed by atoms with E-state index in [0.29, 0.717) is 35.0 Å². The van der Waals surface area contributed by atoms with Gasteiger partial charge in [0.2, 0.25) is 5.95 Å². The van der Waals surface area contributed by atoms with Gasteiger partial charge in [-0.15, -0.1) is 0 Å². The number of rotatable bonds is 5. The Morgan fingerprint density at radius 1 is 1.22 bits per heavy atom. The average Bonchev–Trinajstić information content (AvgIpc) is 3.41. The Balaban J connectivity index is 1.49. The molecule has 0 aliphatic carbocycles. The van der Waals surface area contributed by atoms with Crippen molar-refractivity contribution < 1.29 is 17.5 Å². The Bertz CT molecular complexity index is 1460. The van der Waals surface area contributed by atoms with Crippen molar-refractivity contribution in [1.82, 2.24) is 14.4 Å². The molecule has 1 aliphatic heterocycles. The summed E-state index contributed by atoms with van der Waals surface area (Å²) in [6.45, 7) is 2.59. The molecule has 4 aromatic rings. The molecular weight excluding hydrogens is 431 g/mol. The molecule has 1 aliphatic rings. The lowest BCUT2D eigenvalue weighted by Gasteiger charge is -2.14. The minimum absolute atomic E-state index is 0.264. The number of nitrogens with one attached hydrogen (secondary N) is 1. The Labute approximate surface area is 184 Å². The van der Waals surface area contributed by atoms with Crippen molar-refractivity contribution in [3.63, 3.8) is 0 Å². The summed E-state index contributed by atoms with van der Waals surface area (Å²) in [5, 5.41) is 3.22. The topological polar surface area (TPSA) is 85.6 Å². The molecule has 0 atom stereocenters. The van der Waals surface area contributed by atoms with Gasteiger partial charge in [-0.2, -0.15) is 0 Å². The van der Waals surface area contributed by atoms with Crippen LogP contribution in [0.5, 0.6) is 5.75 Å². The van der Waals surface area contributed by atoms with Gasteiger partial charge in [0.05, 0.1) is 23.2 Å². The molecular formula is C23H21FN4O3S. The van der Waals surface area contributed by atoms with Gasteiger partial charge in [-0.05, 0) is 36.2 Å². The number of fused-ring (bicyclic) bond motifs is 2. The Morgan fingerprint density at radius 2 is 2.06 bits per heavy atom. The van der Waals surface area contributed by atoms with Crippen molar-refractivity contribution in [1.29, 1.82) is 0 Å². The van der Waals surface area contributed by atoms with Crippen molar-refractivity contribution in [2.24, 2.45) is 0 Å². The first-order chi connectivity index (χ1) is 15.3. The number of ether oxygens (including phenoxy) is 1. The van der Waals surface area contributed by atoms with E-state index in [0.717, 1.165) is 28.0 Å². The third-order valence-corrected chi connectivity index (χ3v) is 6.96. The summed E-state index contributed by atoms with van der Waals surface area (Å²) in [7, 11) is -3.30. The monoisotopic (exact) mass is 452 g/mol. The zero-order valence-electron chi connectivity index (χ0n) is 17.6. The highest BCUT2D eigenvalue weighted by atomic mass is 32.2. The van der Waals surface area contributed by atoms with E-state index in [2.05, 4.69) is 15.3 Å². The number of benzene rings is 2. The van der Waals surface area contributed by atoms with E-state index < -0.39 is 9.84 Å². The minimum Gasteiger partial charge on any atom is -0.493 e. The van der Waals surface area contributed by atoms with Crippen molar-refractivity contribution in [2.45, 2.75) is 24.8 Å². The lowest BCUT2D eigenvalue weighted by atomic mass is 10.0. The maximum absolute atomic E-state index is 14.5. The molecule has 0 fully saturated rings. The first-order valence-corrected chi connectivity index (χ1v) is 12.0. The van der Waals surface area contributed by atoms with Crippen LogP contribution in [-0.4, -0.2) is 35.6 Å². The zero-order chi connectivity index (χ0) is 22.5. The largest absolute Gasteiger partial charge is 0.493 e. The first kappa shape index (κ1) is 20.4. The molecule has 0 unspecified atom stereocenters. The maximum Gasteiger partial charge on any atom is 0.208 e. The fourth-order valence-electron chi connectivity index (χ4n) is 4.18. The maximum atomic E-state index is 14.5. The van der Waals surface area contributed by atoms with Crippen LogP contribution in [0.15, 0.2) is 53.9 Å². The molecule has 2 aromatic carbocycles. The molecule has 3 heterocycles. The summed E-state index contributed by atoms with van der Waals surface area (Å²) >= 11 is 0. The van der Waals surface area contributed by atoms with Gasteiger partial charge < -0.3 is 10.1 Å². The molecule has 0 saturated heterocycles. The number of hydrogen-bond donors (Lipinski definition) is 1. The number of imidazole rings is 1. The third kappa shape index (κ3) is 3.48. The van der Waals surface area contributed by atoms with E-state index in [-0.39, 0.29) is 12.4 Å². The van der Waals surface area contributed by atoms with Gasteiger partial charge in [-0.3, -0.25) is 4.40 Å². The second-order valence-corrected chi connectivity index (χ2v) is 9.84. The van der Waals surface area contributed by atoms with Crippen LogP contribution in [0.4, 0.5) is 10.3 Å². The molecule has 2 aromatic heterocycles. The molecule has 0 spiro atoms. The first-order valence-electron chi connectivity index (χ1n) is 10.1. The van der Waals surface area contributed by atoms with E-state index in [4.69, 9.17) is 4.74 Å². The summed E-state index contributed by atoms with van der Waals surface area (Å²) < 4.78 is 45.7. The normalized spacial score (nSPS) is 13.2. The van der Waals surface area contributed by atoms with Crippen LogP contribution in [0.25, 0.3) is 16.6 Å². The quantitative estimate of drug-likeness (QED) is 0.496. The van der Waals surface area contributed by atoms with Gasteiger partial charge in [0.1, 0.15) is 17.9 Å². The van der Waals surface area contributed by atoms with E-state index in [1.54, 1.807) is 48.2 Å². The number of sulfone groups is 1. The van der Waals surface area contributed by atoms with Gasteiger partial charge in [0, 0.05) is 42.1 Å². The predicted octanol–water partition coefficient (Wildman–Crippen LogP) is 3.79. The highest BCUT2D eigenvalue weighted by Crippen LogP contribution is 2.32. The van der Waals surface area contributed by atoms with Crippen LogP contribution < -0.4 is 10.1 Å². The molecule has 0 radical (unpaired) electrons. The highest BCUT2D eigenvalue weighted by molar-refractivity contribution is 7.90. The molecule has 7 nitrogen and oxygen atoms in total. The fourth-order valence-corrected chi connectivity index (χ4v) is 5.14. The number of halogens is 1. The Hall–Kier alpha value is -3.46. The third-order valence-electron chi connectivity index (χ3n) is 5.71. The molecule has 1 N–H and O–H groups in total. The van der Waals surface area contributed by atoms with E-state index in [1.807, 2.05) is 6.07 Å². The van der Waals surface area contributed by atoms with Crippen LogP contribution in [-0.2, 0) is 22.8 Å². The summed E-state index contributed by atoms with van der Waals surface area (Å²) in [5.74, 6) is 0.982. The predicted molar refractivity (Wildman–Crippen MR) is 119 cm³/mol. The molecule has 0 saturated carbocycles. The second-order valence-electron chi connectivity index (χ2n) is 7.85. The standard InChI is InChI=1S/C23H21FN4O3S/c1-14-9-15(3-6-22(14)32(2,29)30)17-10-26-23(28-13-25-12-20(17)28)27-11-18-16-7-8-31-21(16)5-4-19(18)24/h3-6,9-10,12-13H,7-8,11H2,1-2H3,(H,26,27). The van der Waals surface area contributed by atoms with Crippen LogP contribution in [0.3, 0.4) is 0 Å². The van der Waals surface area contributed by atoms with E-state index >= 15 is 0 Å². The zero-order valence-corrected chi connectivity index (χ0v) is 18.4. The number of anilines is 1. The number of hydrogen-bond acceptors (Lipinski definition) is 6.